The molecule has 28 heavy (non-hydrogen) atoms. The van der Waals surface area contributed by atoms with E-state index in [4.69, 9.17) is 0 Å². The molecule has 3 N–H and O–H groups in total. The van der Waals surface area contributed by atoms with Gasteiger partial charge in [-0.15, -0.1) is 0 Å². The van der Waals surface area contributed by atoms with Crippen molar-refractivity contribution in [2.45, 2.75) is 24.9 Å². The Bertz CT molecular complexity index is 1030. The zero-order valence-corrected chi connectivity index (χ0v) is 15.4. The second-order valence-electron chi connectivity index (χ2n) is 7.11. The Morgan fingerprint density at radius 3 is 2.71 bits per heavy atom. The molecule has 0 radical (unpaired) electrons. The summed E-state index contributed by atoms with van der Waals surface area (Å²) in [5.41, 5.74) is 1.93. The molecule has 1 aromatic heterocycles. The number of rotatable bonds is 6. The van der Waals surface area contributed by atoms with Gasteiger partial charge in [0.25, 0.3) is 5.91 Å². The first-order chi connectivity index (χ1) is 13.4. The van der Waals surface area contributed by atoms with Gasteiger partial charge < -0.3 is 15.7 Å². The molecule has 0 atom stereocenters. The van der Waals surface area contributed by atoms with E-state index in [0.717, 1.165) is 24.1 Å². The first-order valence-corrected chi connectivity index (χ1v) is 9.09. The van der Waals surface area contributed by atoms with Crippen molar-refractivity contribution in [3.05, 3.63) is 77.4 Å². The molecule has 2 aromatic carbocycles. The van der Waals surface area contributed by atoms with Gasteiger partial charge in [-0.2, -0.15) is 5.10 Å². The molecule has 6 nitrogen and oxygen atoms in total. The molecule has 1 aliphatic carbocycles. The third-order valence-corrected chi connectivity index (χ3v) is 4.96. The van der Waals surface area contributed by atoms with E-state index in [1.54, 1.807) is 28.9 Å². The third kappa shape index (κ3) is 3.69. The number of benzene rings is 2. The maximum atomic E-state index is 13.5. The fraction of sp³-hybridized carbons (Fsp3) is 0.238. The molecule has 0 spiro atoms. The van der Waals surface area contributed by atoms with Crippen LogP contribution in [0.15, 0.2) is 54.7 Å². The second-order valence-corrected chi connectivity index (χ2v) is 7.11. The van der Waals surface area contributed by atoms with Gasteiger partial charge in [-0.25, -0.2) is 4.39 Å². The number of aromatic nitrogens is 2. The van der Waals surface area contributed by atoms with E-state index in [1.807, 2.05) is 19.3 Å². The first-order valence-electron chi connectivity index (χ1n) is 9.09. The lowest BCUT2D eigenvalue weighted by Crippen LogP contribution is -2.34. The summed E-state index contributed by atoms with van der Waals surface area (Å²) in [6, 6.07) is 13.0. The van der Waals surface area contributed by atoms with Crippen molar-refractivity contribution in [2.75, 3.05) is 5.32 Å². The van der Waals surface area contributed by atoms with Crippen molar-refractivity contribution in [1.29, 1.82) is 0 Å². The highest BCUT2D eigenvalue weighted by molar-refractivity contribution is 5.98. The molecule has 0 aliphatic heterocycles. The summed E-state index contributed by atoms with van der Waals surface area (Å²) in [6.07, 6.45) is 3.34. The molecule has 3 aromatic rings. The number of hydrogen-bond donors (Lipinski definition) is 3. The number of carbonyl (C=O) groups is 1. The third-order valence-electron chi connectivity index (χ3n) is 4.96. The monoisotopic (exact) mass is 380 g/mol. The summed E-state index contributed by atoms with van der Waals surface area (Å²) in [5.74, 6) is -0.821. The molecule has 1 fully saturated rings. The van der Waals surface area contributed by atoms with E-state index in [0.29, 0.717) is 12.2 Å². The van der Waals surface area contributed by atoms with Crippen LogP contribution in [0, 0.1) is 5.82 Å². The number of phenolic OH excluding ortho intramolecular Hbond substituents is 1. The lowest BCUT2D eigenvalue weighted by atomic mass is 10.0. The van der Waals surface area contributed by atoms with Crippen molar-refractivity contribution >= 4 is 11.6 Å². The summed E-state index contributed by atoms with van der Waals surface area (Å²) in [6.45, 7) is 0.508. The van der Waals surface area contributed by atoms with E-state index in [-0.39, 0.29) is 23.0 Å². The Morgan fingerprint density at radius 1 is 1.25 bits per heavy atom. The molecule has 0 saturated heterocycles. The van der Waals surface area contributed by atoms with Gasteiger partial charge >= 0.3 is 0 Å². The molecule has 0 bridgehead atoms. The van der Waals surface area contributed by atoms with Crippen LogP contribution in [0.2, 0.25) is 0 Å². The number of aromatic hydroxyl groups is 1. The fourth-order valence-electron chi connectivity index (χ4n) is 3.27. The van der Waals surface area contributed by atoms with E-state index < -0.39 is 5.54 Å². The Morgan fingerprint density at radius 2 is 2.07 bits per heavy atom. The number of nitrogens with one attached hydrogen (secondary N) is 2. The van der Waals surface area contributed by atoms with Gasteiger partial charge in [0.1, 0.15) is 11.6 Å². The van der Waals surface area contributed by atoms with E-state index in [1.165, 1.54) is 18.2 Å². The van der Waals surface area contributed by atoms with Gasteiger partial charge in [-0.1, -0.05) is 12.1 Å². The number of halogens is 1. The Balaban J connectivity index is 1.44. The highest BCUT2D eigenvalue weighted by Gasteiger charge is 2.46. The highest BCUT2D eigenvalue weighted by atomic mass is 19.1. The van der Waals surface area contributed by atoms with Crippen molar-refractivity contribution in [3.8, 4) is 5.75 Å². The number of amides is 1. The smallest absolute Gasteiger partial charge is 0.255 e. The van der Waals surface area contributed by atoms with Gasteiger partial charge in [0.2, 0.25) is 0 Å². The van der Waals surface area contributed by atoms with Crippen LogP contribution in [0.3, 0.4) is 0 Å². The maximum Gasteiger partial charge on any atom is 0.255 e. The zero-order chi connectivity index (χ0) is 19.7. The zero-order valence-electron chi connectivity index (χ0n) is 15.4. The average molecular weight is 380 g/mol. The van der Waals surface area contributed by atoms with Gasteiger partial charge in [0.05, 0.1) is 23.3 Å². The number of hydrogen-bond acceptors (Lipinski definition) is 4. The van der Waals surface area contributed by atoms with Gasteiger partial charge in [0.15, 0.2) is 0 Å². The Kier molecular flexibility index (Phi) is 4.50. The average Bonchev–Trinajstić information content (AvgIpc) is 3.33. The van der Waals surface area contributed by atoms with Crippen LogP contribution in [-0.4, -0.2) is 20.8 Å². The number of nitrogens with zero attached hydrogens (tertiary/aromatic N) is 2. The molecular weight excluding hydrogens is 359 g/mol. The van der Waals surface area contributed by atoms with Gasteiger partial charge in [-0.05, 0) is 48.7 Å². The van der Waals surface area contributed by atoms with Crippen LogP contribution in [0.4, 0.5) is 10.1 Å². The molecule has 4 rings (SSSR count). The molecule has 1 aliphatic rings. The first kappa shape index (κ1) is 18.0. The number of carbonyl (C=O) groups excluding carboxylic acids is 1. The topological polar surface area (TPSA) is 79.2 Å². The molecule has 7 heteroatoms. The Labute approximate surface area is 162 Å². The predicted octanol–water partition coefficient (Wildman–Crippen LogP) is 3.30. The summed E-state index contributed by atoms with van der Waals surface area (Å²) < 4.78 is 15.2. The summed E-state index contributed by atoms with van der Waals surface area (Å²) in [7, 11) is 1.85. The largest absolute Gasteiger partial charge is 0.507 e. The van der Waals surface area contributed by atoms with Gasteiger partial charge in [-0.3, -0.25) is 9.48 Å². The minimum atomic E-state index is -0.554. The van der Waals surface area contributed by atoms with Gasteiger partial charge in [0, 0.05) is 25.0 Å². The molecule has 1 saturated carbocycles. The van der Waals surface area contributed by atoms with Crippen LogP contribution in [0.25, 0.3) is 0 Å². The molecule has 0 unspecified atom stereocenters. The summed E-state index contributed by atoms with van der Waals surface area (Å²) in [5, 5.41) is 20.7. The number of anilines is 1. The highest BCUT2D eigenvalue weighted by Crippen LogP contribution is 2.46. The predicted molar refractivity (Wildman–Crippen MR) is 103 cm³/mol. The minimum absolute atomic E-state index is 0.112. The van der Waals surface area contributed by atoms with E-state index in [9.17, 15) is 14.3 Å². The van der Waals surface area contributed by atoms with E-state index in [2.05, 4.69) is 15.7 Å². The van der Waals surface area contributed by atoms with Crippen LogP contribution in [-0.2, 0) is 19.1 Å². The quantitative estimate of drug-likeness (QED) is 0.613. The lowest BCUT2D eigenvalue weighted by Gasteiger charge is -2.19. The molecule has 1 heterocycles. The number of aryl methyl sites for hydroxylation is 1. The van der Waals surface area contributed by atoms with Crippen LogP contribution < -0.4 is 10.6 Å². The van der Waals surface area contributed by atoms with Crippen LogP contribution >= 0.6 is 0 Å². The minimum Gasteiger partial charge on any atom is -0.507 e. The fourth-order valence-corrected chi connectivity index (χ4v) is 3.27. The van der Waals surface area contributed by atoms with Crippen molar-refractivity contribution < 1.29 is 14.3 Å². The molecular formula is C21H21FN4O2. The van der Waals surface area contributed by atoms with Crippen molar-refractivity contribution in [1.82, 2.24) is 15.1 Å². The normalized spacial score (nSPS) is 14.5. The summed E-state index contributed by atoms with van der Waals surface area (Å²) >= 11 is 0. The van der Waals surface area contributed by atoms with E-state index >= 15 is 0 Å². The number of phenols is 1. The Hall–Kier alpha value is -3.35. The van der Waals surface area contributed by atoms with Crippen LogP contribution in [0.1, 0.15) is 34.5 Å². The standard InChI is InChI=1S/C21H21FN4O2/c1-26-10-7-17(25-26)13-23-16-5-6-18(19(27)12-16)20(28)24-21(8-9-21)14-3-2-4-15(22)11-14/h2-7,10-12,23,27H,8-9,13H2,1H3,(H,24,28). The van der Waals surface area contributed by atoms with Crippen molar-refractivity contribution in [3.63, 3.8) is 0 Å². The van der Waals surface area contributed by atoms with Crippen molar-refractivity contribution in [2.24, 2.45) is 7.05 Å². The molecule has 144 valence electrons. The van der Waals surface area contributed by atoms with Crippen LogP contribution in [0.5, 0.6) is 5.75 Å². The second kappa shape index (κ2) is 6.99. The molecule has 1 amide bonds. The lowest BCUT2D eigenvalue weighted by molar-refractivity contribution is 0.0928. The SMILES string of the molecule is Cn1ccc(CNc2ccc(C(=O)NC3(c4cccc(F)c4)CC3)c(O)c2)n1. The maximum absolute atomic E-state index is 13.5. The summed E-state index contributed by atoms with van der Waals surface area (Å²) in [4.78, 5) is 12.7.